The van der Waals surface area contributed by atoms with Crippen molar-refractivity contribution in [3.63, 3.8) is 0 Å². The van der Waals surface area contributed by atoms with Gasteiger partial charge in [-0.1, -0.05) is 31.4 Å². The molecule has 19 heavy (non-hydrogen) atoms. The Hall–Kier alpha value is -1.64. The summed E-state index contributed by atoms with van der Waals surface area (Å²) in [5, 5.41) is 0. The van der Waals surface area contributed by atoms with Crippen LogP contribution >= 0.6 is 0 Å². The Kier molecular flexibility index (Phi) is 6.26. The molecule has 0 unspecified atom stereocenters. The SMILES string of the molecule is CCCCCC(=O)CC(=O)c1cc(C)ccc1OC. The molecule has 3 nitrogen and oxygen atoms in total. The predicted octanol–water partition coefficient (Wildman–Crippen LogP) is 3.73. The molecule has 0 N–H and O–H groups in total. The Morgan fingerprint density at radius 3 is 2.58 bits per heavy atom. The Morgan fingerprint density at radius 2 is 1.95 bits per heavy atom. The van der Waals surface area contributed by atoms with E-state index in [-0.39, 0.29) is 18.0 Å². The van der Waals surface area contributed by atoms with E-state index in [9.17, 15) is 9.59 Å². The van der Waals surface area contributed by atoms with Crippen LogP contribution in [0, 0.1) is 6.92 Å². The van der Waals surface area contributed by atoms with Crippen molar-refractivity contribution < 1.29 is 14.3 Å². The first-order valence-electron chi connectivity index (χ1n) is 6.78. The summed E-state index contributed by atoms with van der Waals surface area (Å²) in [4.78, 5) is 23.8. The van der Waals surface area contributed by atoms with Gasteiger partial charge >= 0.3 is 0 Å². The van der Waals surface area contributed by atoms with Crippen LogP contribution in [0.4, 0.5) is 0 Å². The lowest BCUT2D eigenvalue weighted by atomic mass is 10.0. The predicted molar refractivity (Wildman–Crippen MR) is 75.8 cm³/mol. The fraction of sp³-hybridized carbons (Fsp3) is 0.500. The summed E-state index contributed by atoms with van der Waals surface area (Å²) in [6.07, 6.45) is 3.45. The molecular formula is C16H22O3. The van der Waals surface area contributed by atoms with Gasteiger partial charge in [0.05, 0.1) is 19.1 Å². The standard InChI is InChI=1S/C16H22O3/c1-4-5-6-7-13(17)11-15(18)14-10-12(2)8-9-16(14)19-3/h8-10H,4-7,11H2,1-3H3. The minimum Gasteiger partial charge on any atom is -0.496 e. The molecule has 0 amide bonds. The van der Waals surface area contributed by atoms with Gasteiger partial charge in [0.15, 0.2) is 5.78 Å². The summed E-state index contributed by atoms with van der Waals surface area (Å²) in [6.45, 7) is 4.01. The molecular weight excluding hydrogens is 240 g/mol. The molecule has 0 fully saturated rings. The Labute approximate surface area is 115 Å². The highest BCUT2D eigenvalue weighted by molar-refractivity contribution is 6.09. The van der Waals surface area contributed by atoms with Crippen molar-refractivity contribution in [1.82, 2.24) is 0 Å². The first-order chi connectivity index (χ1) is 9.08. The summed E-state index contributed by atoms with van der Waals surface area (Å²) in [5.74, 6) is 0.404. The zero-order chi connectivity index (χ0) is 14.3. The van der Waals surface area contributed by atoms with Gasteiger partial charge in [-0.25, -0.2) is 0 Å². The van der Waals surface area contributed by atoms with Crippen LogP contribution in [0.15, 0.2) is 18.2 Å². The number of ketones is 2. The van der Waals surface area contributed by atoms with Crippen LogP contribution < -0.4 is 4.74 Å². The van der Waals surface area contributed by atoms with Gasteiger partial charge in [0.25, 0.3) is 0 Å². The van der Waals surface area contributed by atoms with Gasteiger partial charge in [0, 0.05) is 6.42 Å². The number of methoxy groups -OCH3 is 1. The molecule has 0 aromatic heterocycles. The second-order valence-corrected chi connectivity index (χ2v) is 4.80. The molecule has 0 spiro atoms. The van der Waals surface area contributed by atoms with E-state index in [0.29, 0.717) is 17.7 Å². The lowest BCUT2D eigenvalue weighted by Gasteiger charge is -2.08. The molecule has 1 aromatic rings. The molecule has 1 rings (SSSR count). The number of ether oxygens (including phenoxy) is 1. The van der Waals surface area contributed by atoms with Crippen LogP contribution in [0.1, 0.15) is 54.9 Å². The summed E-state index contributed by atoms with van der Waals surface area (Å²) in [7, 11) is 1.53. The molecule has 0 radical (unpaired) electrons. The van der Waals surface area contributed by atoms with E-state index >= 15 is 0 Å². The number of rotatable bonds is 8. The number of hydrogen-bond acceptors (Lipinski definition) is 3. The number of hydrogen-bond donors (Lipinski definition) is 0. The highest BCUT2D eigenvalue weighted by atomic mass is 16.5. The van der Waals surface area contributed by atoms with Gasteiger partial charge < -0.3 is 4.74 Å². The fourth-order valence-corrected chi connectivity index (χ4v) is 1.97. The molecule has 0 heterocycles. The van der Waals surface area contributed by atoms with Crippen LogP contribution in [0.2, 0.25) is 0 Å². The lowest BCUT2D eigenvalue weighted by molar-refractivity contribution is -0.118. The monoisotopic (exact) mass is 262 g/mol. The molecule has 0 aliphatic rings. The second kappa shape index (κ2) is 7.72. The van der Waals surface area contributed by atoms with E-state index in [0.717, 1.165) is 24.8 Å². The number of carbonyl (C=O) groups excluding carboxylic acids is 2. The third-order valence-electron chi connectivity index (χ3n) is 3.07. The summed E-state index contributed by atoms with van der Waals surface area (Å²) in [5.41, 5.74) is 1.49. The van der Waals surface area contributed by atoms with E-state index in [2.05, 4.69) is 6.92 Å². The third-order valence-corrected chi connectivity index (χ3v) is 3.07. The zero-order valence-corrected chi connectivity index (χ0v) is 12.0. The quantitative estimate of drug-likeness (QED) is 0.407. The van der Waals surface area contributed by atoms with Gasteiger partial charge in [-0.3, -0.25) is 9.59 Å². The Morgan fingerprint density at radius 1 is 1.21 bits per heavy atom. The van der Waals surface area contributed by atoms with E-state index in [1.807, 2.05) is 13.0 Å². The van der Waals surface area contributed by atoms with E-state index in [1.54, 1.807) is 12.1 Å². The first kappa shape index (κ1) is 15.4. The average molecular weight is 262 g/mol. The number of unbranched alkanes of at least 4 members (excludes halogenated alkanes) is 2. The van der Waals surface area contributed by atoms with E-state index < -0.39 is 0 Å². The second-order valence-electron chi connectivity index (χ2n) is 4.80. The number of benzene rings is 1. The van der Waals surface area contributed by atoms with Crippen molar-refractivity contribution in [3.05, 3.63) is 29.3 Å². The third kappa shape index (κ3) is 4.86. The highest BCUT2D eigenvalue weighted by Crippen LogP contribution is 2.21. The van der Waals surface area contributed by atoms with Crippen LogP contribution in [0.5, 0.6) is 5.75 Å². The van der Waals surface area contributed by atoms with Gasteiger partial charge in [-0.05, 0) is 25.5 Å². The lowest BCUT2D eigenvalue weighted by Crippen LogP contribution is -2.09. The molecule has 0 aliphatic heterocycles. The van der Waals surface area contributed by atoms with E-state index in [1.165, 1.54) is 7.11 Å². The molecule has 0 saturated heterocycles. The van der Waals surface area contributed by atoms with Crippen molar-refractivity contribution >= 4 is 11.6 Å². The largest absolute Gasteiger partial charge is 0.496 e. The van der Waals surface area contributed by atoms with Crippen molar-refractivity contribution in [2.75, 3.05) is 7.11 Å². The topological polar surface area (TPSA) is 43.4 Å². The maximum atomic E-state index is 12.1. The van der Waals surface area contributed by atoms with Crippen LogP contribution in [0.3, 0.4) is 0 Å². The van der Waals surface area contributed by atoms with Gasteiger partial charge in [0.2, 0.25) is 0 Å². The van der Waals surface area contributed by atoms with Crippen LogP contribution in [0.25, 0.3) is 0 Å². The molecule has 3 heteroatoms. The fourth-order valence-electron chi connectivity index (χ4n) is 1.97. The molecule has 0 atom stereocenters. The van der Waals surface area contributed by atoms with E-state index in [4.69, 9.17) is 4.74 Å². The van der Waals surface area contributed by atoms with Gasteiger partial charge in [-0.15, -0.1) is 0 Å². The summed E-state index contributed by atoms with van der Waals surface area (Å²) >= 11 is 0. The molecule has 0 aliphatic carbocycles. The maximum absolute atomic E-state index is 12.1. The Balaban J connectivity index is 2.67. The first-order valence-corrected chi connectivity index (χ1v) is 6.78. The van der Waals surface area contributed by atoms with Crippen molar-refractivity contribution in [2.45, 2.75) is 46.0 Å². The summed E-state index contributed by atoms with van der Waals surface area (Å²) < 4.78 is 5.17. The van der Waals surface area contributed by atoms with Crippen LogP contribution in [-0.2, 0) is 4.79 Å². The molecule has 104 valence electrons. The minimum atomic E-state index is -0.151. The highest BCUT2D eigenvalue weighted by Gasteiger charge is 2.16. The van der Waals surface area contributed by atoms with Gasteiger partial charge in [-0.2, -0.15) is 0 Å². The number of aryl methyl sites for hydroxylation is 1. The molecule has 1 aromatic carbocycles. The van der Waals surface area contributed by atoms with Gasteiger partial charge in [0.1, 0.15) is 11.5 Å². The molecule has 0 saturated carbocycles. The number of Topliss-reactive ketones (excluding diaryl/α,β-unsaturated/α-hetero) is 2. The zero-order valence-electron chi connectivity index (χ0n) is 12.0. The smallest absolute Gasteiger partial charge is 0.173 e. The Bertz CT molecular complexity index is 449. The van der Waals surface area contributed by atoms with Crippen molar-refractivity contribution in [2.24, 2.45) is 0 Å². The minimum absolute atomic E-state index is 0.0157. The maximum Gasteiger partial charge on any atom is 0.173 e. The average Bonchev–Trinajstić information content (AvgIpc) is 2.39. The number of carbonyl (C=O) groups is 2. The van der Waals surface area contributed by atoms with Crippen molar-refractivity contribution in [3.8, 4) is 5.75 Å². The molecule has 0 bridgehead atoms. The van der Waals surface area contributed by atoms with Crippen LogP contribution in [-0.4, -0.2) is 18.7 Å². The summed E-state index contributed by atoms with van der Waals surface area (Å²) in [6, 6.07) is 5.43. The normalized spacial score (nSPS) is 10.3. The van der Waals surface area contributed by atoms with Crippen molar-refractivity contribution in [1.29, 1.82) is 0 Å².